The summed E-state index contributed by atoms with van der Waals surface area (Å²) in [6.07, 6.45) is 3.22. The van der Waals surface area contributed by atoms with Crippen LogP contribution < -0.4 is 16.4 Å². The number of nitrogens with two attached hydrogens (primary N) is 1. The first kappa shape index (κ1) is 15.7. The summed E-state index contributed by atoms with van der Waals surface area (Å²) in [6, 6.07) is 10.1. The summed E-state index contributed by atoms with van der Waals surface area (Å²) in [5.74, 6) is -0.322. The third-order valence-corrected chi connectivity index (χ3v) is 3.11. The Morgan fingerprint density at radius 3 is 2.36 bits per heavy atom. The topological polar surface area (TPSA) is 97.1 Å². The fourth-order valence-electron chi connectivity index (χ4n) is 1.89. The molecule has 0 saturated carbocycles. The molecule has 2 rings (SSSR count). The van der Waals surface area contributed by atoms with Gasteiger partial charge in [0.1, 0.15) is 0 Å². The molecule has 0 aliphatic heterocycles. The zero-order chi connectivity index (χ0) is 15.9. The van der Waals surface area contributed by atoms with Gasteiger partial charge >= 0.3 is 0 Å². The number of nitrogens with zero attached hydrogens (tertiary/aromatic N) is 1. The van der Waals surface area contributed by atoms with Crippen molar-refractivity contribution in [3.63, 3.8) is 0 Å². The molecule has 114 valence electrons. The number of hydrogen-bond acceptors (Lipinski definition) is 4. The molecule has 1 aromatic carbocycles. The van der Waals surface area contributed by atoms with Gasteiger partial charge in [0, 0.05) is 43.2 Å². The van der Waals surface area contributed by atoms with Gasteiger partial charge in [-0.05, 0) is 29.8 Å². The fourth-order valence-corrected chi connectivity index (χ4v) is 1.89. The summed E-state index contributed by atoms with van der Waals surface area (Å²) in [5.41, 5.74) is 8.05. The first-order chi connectivity index (χ1) is 10.6. The normalized spacial score (nSPS) is 11.5. The van der Waals surface area contributed by atoms with Gasteiger partial charge in [0.25, 0.3) is 5.91 Å². The van der Waals surface area contributed by atoms with Crippen molar-refractivity contribution in [1.82, 2.24) is 10.3 Å². The molecule has 1 unspecified atom stereocenters. The zero-order valence-corrected chi connectivity index (χ0v) is 12.2. The van der Waals surface area contributed by atoms with E-state index >= 15 is 0 Å². The van der Waals surface area contributed by atoms with Crippen LogP contribution in [-0.4, -0.2) is 23.3 Å². The quantitative estimate of drug-likeness (QED) is 0.778. The van der Waals surface area contributed by atoms with Crippen LogP contribution in [0.1, 0.15) is 28.9 Å². The molecular weight excluding hydrogens is 280 g/mol. The third-order valence-electron chi connectivity index (χ3n) is 3.11. The maximum absolute atomic E-state index is 12.1. The molecular formula is C16H18N4O2. The minimum Gasteiger partial charge on any atom is -0.354 e. The Bertz CT molecular complexity index is 641. The number of carbonyl (C=O) groups is 2. The highest BCUT2D eigenvalue weighted by Crippen LogP contribution is 2.13. The Labute approximate surface area is 128 Å². The Morgan fingerprint density at radius 2 is 1.77 bits per heavy atom. The van der Waals surface area contributed by atoms with Crippen LogP contribution in [0.2, 0.25) is 0 Å². The van der Waals surface area contributed by atoms with E-state index in [-0.39, 0.29) is 17.9 Å². The molecule has 22 heavy (non-hydrogen) atoms. The molecule has 1 aromatic heterocycles. The lowest BCUT2D eigenvalue weighted by molar-refractivity contribution is -0.119. The summed E-state index contributed by atoms with van der Waals surface area (Å²) >= 11 is 0. The van der Waals surface area contributed by atoms with Crippen molar-refractivity contribution in [1.29, 1.82) is 0 Å². The number of anilines is 1. The molecule has 0 saturated heterocycles. The number of amides is 2. The standard InChI is InChI=1S/C16H18N4O2/c1-11(21)19-10-15(17)12-2-4-13(5-3-12)16(22)20-14-6-8-18-9-7-14/h2-9,15H,10,17H2,1H3,(H,19,21)(H,18,20,22). The highest BCUT2D eigenvalue weighted by atomic mass is 16.2. The number of nitrogens with one attached hydrogen (secondary N) is 2. The molecule has 0 aliphatic rings. The molecule has 6 heteroatoms. The second-order valence-electron chi connectivity index (χ2n) is 4.86. The lowest BCUT2D eigenvalue weighted by Crippen LogP contribution is -2.30. The SMILES string of the molecule is CC(=O)NCC(N)c1ccc(C(=O)Nc2ccncc2)cc1. The van der Waals surface area contributed by atoms with Gasteiger partial charge in [-0.2, -0.15) is 0 Å². The third kappa shape index (κ3) is 4.39. The van der Waals surface area contributed by atoms with E-state index in [1.54, 1.807) is 48.8 Å². The predicted octanol–water partition coefficient (Wildman–Crippen LogP) is 1.47. The molecule has 2 amide bonds. The van der Waals surface area contributed by atoms with Gasteiger partial charge < -0.3 is 16.4 Å². The van der Waals surface area contributed by atoms with Gasteiger partial charge in [-0.25, -0.2) is 0 Å². The van der Waals surface area contributed by atoms with Crippen molar-refractivity contribution in [2.24, 2.45) is 5.73 Å². The van der Waals surface area contributed by atoms with E-state index in [0.717, 1.165) is 5.56 Å². The van der Waals surface area contributed by atoms with Crippen molar-refractivity contribution >= 4 is 17.5 Å². The van der Waals surface area contributed by atoms with Crippen molar-refractivity contribution in [2.45, 2.75) is 13.0 Å². The van der Waals surface area contributed by atoms with E-state index in [2.05, 4.69) is 15.6 Å². The van der Waals surface area contributed by atoms with Crippen LogP contribution in [0, 0.1) is 0 Å². The lowest BCUT2D eigenvalue weighted by atomic mass is 10.0. The lowest BCUT2D eigenvalue weighted by Gasteiger charge is -2.13. The smallest absolute Gasteiger partial charge is 0.255 e. The second-order valence-corrected chi connectivity index (χ2v) is 4.86. The molecule has 0 bridgehead atoms. The van der Waals surface area contributed by atoms with Crippen molar-refractivity contribution in [3.8, 4) is 0 Å². The largest absolute Gasteiger partial charge is 0.354 e. The maximum atomic E-state index is 12.1. The van der Waals surface area contributed by atoms with E-state index in [9.17, 15) is 9.59 Å². The van der Waals surface area contributed by atoms with E-state index < -0.39 is 0 Å². The Morgan fingerprint density at radius 1 is 1.14 bits per heavy atom. The summed E-state index contributed by atoms with van der Waals surface area (Å²) in [7, 11) is 0. The predicted molar refractivity (Wildman–Crippen MR) is 84.2 cm³/mol. The van der Waals surface area contributed by atoms with Crippen LogP contribution in [-0.2, 0) is 4.79 Å². The number of pyridine rings is 1. The minimum absolute atomic E-state index is 0.121. The average Bonchev–Trinajstić information content (AvgIpc) is 2.53. The van der Waals surface area contributed by atoms with Crippen LogP contribution >= 0.6 is 0 Å². The molecule has 0 spiro atoms. The number of carbonyl (C=O) groups excluding carboxylic acids is 2. The molecule has 2 aromatic rings. The van der Waals surface area contributed by atoms with Gasteiger partial charge in [0.15, 0.2) is 0 Å². The summed E-state index contributed by atoms with van der Waals surface area (Å²) in [4.78, 5) is 26.9. The number of rotatable bonds is 5. The van der Waals surface area contributed by atoms with Crippen LogP contribution in [0.4, 0.5) is 5.69 Å². The molecule has 1 heterocycles. The van der Waals surface area contributed by atoms with Crippen molar-refractivity contribution < 1.29 is 9.59 Å². The van der Waals surface area contributed by atoms with Gasteiger partial charge in [-0.1, -0.05) is 12.1 Å². The van der Waals surface area contributed by atoms with Crippen LogP contribution in [0.15, 0.2) is 48.8 Å². The molecule has 4 N–H and O–H groups in total. The Kier molecular flexibility index (Phi) is 5.21. The first-order valence-corrected chi connectivity index (χ1v) is 6.87. The maximum Gasteiger partial charge on any atom is 0.255 e. The van der Waals surface area contributed by atoms with Crippen LogP contribution in [0.25, 0.3) is 0 Å². The Hall–Kier alpha value is -2.73. The monoisotopic (exact) mass is 298 g/mol. The van der Waals surface area contributed by atoms with Gasteiger partial charge in [-0.15, -0.1) is 0 Å². The molecule has 0 fully saturated rings. The van der Waals surface area contributed by atoms with Crippen LogP contribution in [0.5, 0.6) is 0 Å². The molecule has 1 atom stereocenters. The van der Waals surface area contributed by atoms with Crippen molar-refractivity contribution in [2.75, 3.05) is 11.9 Å². The minimum atomic E-state index is -0.304. The van der Waals surface area contributed by atoms with E-state index in [1.807, 2.05) is 0 Å². The Balaban J connectivity index is 1.99. The molecule has 0 aliphatic carbocycles. The highest BCUT2D eigenvalue weighted by molar-refractivity contribution is 6.04. The van der Waals surface area contributed by atoms with E-state index in [0.29, 0.717) is 17.8 Å². The van der Waals surface area contributed by atoms with Crippen molar-refractivity contribution in [3.05, 3.63) is 59.9 Å². The molecule has 0 radical (unpaired) electrons. The molecule has 6 nitrogen and oxygen atoms in total. The highest BCUT2D eigenvalue weighted by Gasteiger charge is 2.09. The number of hydrogen-bond donors (Lipinski definition) is 3. The number of benzene rings is 1. The zero-order valence-electron chi connectivity index (χ0n) is 12.2. The van der Waals surface area contributed by atoms with Gasteiger partial charge in [-0.3, -0.25) is 14.6 Å². The van der Waals surface area contributed by atoms with Crippen LogP contribution in [0.3, 0.4) is 0 Å². The fraction of sp³-hybridized carbons (Fsp3) is 0.188. The van der Waals surface area contributed by atoms with E-state index in [4.69, 9.17) is 5.73 Å². The van der Waals surface area contributed by atoms with E-state index in [1.165, 1.54) is 6.92 Å². The summed E-state index contributed by atoms with van der Waals surface area (Å²) in [5, 5.41) is 5.44. The van der Waals surface area contributed by atoms with Gasteiger partial charge in [0.2, 0.25) is 5.91 Å². The first-order valence-electron chi connectivity index (χ1n) is 6.87. The van der Waals surface area contributed by atoms with Gasteiger partial charge in [0.05, 0.1) is 0 Å². The number of aromatic nitrogens is 1. The second kappa shape index (κ2) is 7.33. The summed E-state index contributed by atoms with van der Waals surface area (Å²) < 4.78 is 0. The summed E-state index contributed by atoms with van der Waals surface area (Å²) in [6.45, 7) is 1.80. The average molecular weight is 298 g/mol.